The minimum atomic E-state index is -1.72. The summed E-state index contributed by atoms with van der Waals surface area (Å²) in [4.78, 5) is 21.9. The minimum absolute atomic E-state index is 0.0216. The molecule has 0 radical (unpaired) electrons. The number of carbonyl (C=O) groups is 2. The summed E-state index contributed by atoms with van der Waals surface area (Å²) in [5, 5.41) is 4.53. The predicted octanol–water partition coefficient (Wildman–Crippen LogP) is 9.61. The highest BCUT2D eigenvalue weighted by Crippen LogP contribution is 2.21. The molecule has 0 fully saturated rings. The lowest BCUT2D eigenvalue weighted by molar-refractivity contribution is -0.114. The van der Waals surface area contributed by atoms with Gasteiger partial charge in [-0.25, -0.2) is 30.1 Å². The summed E-state index contributed by atoms with van der Waals surface area (Å²) in [5.41, 5.74) is 0.836. The third-order valence-electron chi connectivity index (χ3n) is 4.69. The lowest BCUT2D eigenvalue weighted by atomic mass is 9.96. The fraction of sp³-hybridized carbons (Fsp3) is 0.214. The molecule has 0 bridgehead atoms. The molecule has 0 atom stereocenters. The predicted molar refractivity (Wildman–Crippen MR) is 156 cm³/mol. The molecule has 0 unspecified atom stereocenters. The van der Waals surface area contributed by atoms with Crippen LogP contribution < -0.4 is 0 Å². The van der Waals surface area contributed by atoms with Crippen molar-refractivity contribution in [2.24, 2.45) is 11.8 Å². The van der Waals surface area contributed by atoms with E-state index in [2.05, 4.69) is 48.5 Å². The molecule has 0 saturated heterocycles. The molecule has 0 aliphatic rings. The molecule has 7 heteroatoms. The Labute approximate surface area is 230 Å². The second-order valence-corrected chi connectivity index (χ2v) is 14.9. The molecule has 0 aromatic heterocycles. The molecule has 4 rings (SSSR count). The van der Waals surface area contributed by atoms with Gasteiger partial charge in [0.25, 0.3) is 0 Å². The second-order valence-electron chi connectivity index (χ2n) is 8.10. The maximum Gasteiger partial charge on any atom is 0.643 e. The molecule has 0 heterocycles. The summed E-state index contributed by atoms with van der Waals surface area (Å²) in [5.74, 6) is 0.245. The highest BCUT2D eigenvalue weighted by molar-refractivity contribution is 7.54. The van der Waals surface area contributed by atoms with Crippen molar-refractivity contribution in [3.05, 3.63) is 96.6 Å². The highest BCUT2D eigenvalue weighted by atomic mass is 35.8. The maximum atomic E-state index is 12.0. The Bertz CT molecular complexity index is 1140. The number of hydrogen-bond donors (Lipinski definition) is 0. The summed E-state index contributed by atoms with van der Waals surface area (Å²) in [6.45, 7) is 7.39. The fourth-order valence-corrected chi connectivity index (χ4v) is 2.88. The lowest BCUT2D eigenvalue weighted by Crippen LogP contribution is -2.07. The Hall–Kier alpha value is -1.57. The average molecular weight is 566 g/mol. The fourth-order valence-electron chi connectivity index (χ4n) is 2.88. The van der Waals surface area contributed by atoms with Gasteiger partial charge in [-0.1, -0.05) is 119 Å². The molecule has 0 spiro atoms. The summed E-state index contributed by atoms with van der Waals surface area (Å²) in [7, 11) is 14.8. The molecule has 0 aliphatic heterocycles. The third-order valence-corrected chi connectivity index (χ3v) is 5.13. The number of halogens is 4. The van der Waals surface area contributed by atoms with Gasteiger partial charge in [-0.05, 0) is 33.1 Å². The van der Waals surface area contributed by atoms with Crippen LogP contribution in [0, 0.1) is 11.8 Å². The van der Waals surface area contributed by atoms with Crippen molar-refractivity contribution in [3.8, 4) is 0 Å². The van der Waals surface area contributed by atoms with Crippen LogP contribution in [0.5, 0.6) is 0 Å². The highest BCUT2D eigenvalue weighted by Gasteiger charge is 2.12. The van der Waals surface area contributed by atoms with Gasteiger partial charge in [-0.2, -0.15) is 0 Å². The Balaban J connectivity index is 0.000000264. The first kappa shape index (κ1) is 31.5. The number of Topliss-reactive ketones (excluding diaryl/α,β-unsaturated/α-hetero) is 1. The number of fused-ring (bicyclic) bond motifs is 2. The standard InChI is InChI=1S/C14H14O.C10H8.C4H7ClO.Al.3ClH/c1-10(2)14(15)13-9-5-7-11-6-3-4-8-12(11)13;1-2-6-10-8-4-3-7-9(10)5-1;1-3(2)4(5)6;;;;/h3-10H,1-2H3;1-8H;3H,1-2H3;;3*1H/q;;;+3;;;/p-3. The van der Waals surface area contributed by atoms with E-state index in [1.807, 2.05) is 56.3 Å². The van der Waals surface area contributed by atoms with Gasteiger partial charge in [0.15, 0.2) is 5.78 Å². The van der Waals surface area contributed by atoms with Crippen molar-refractivity contribution in [2.45, 2.75) is 27.7 Å². The number of ketones is 1. The molecular formula is C28H29AlCl4O2. The van der Waals surface area contributed by atoms with Crippen LogP contribution in [-0.4, -0.2) is 22.4 Å². The van der Waals surface area contributed by atoms with Gasteiger partial charge < -0.3 is 0 Å². The molecule has 0 amide bonds. The molecule has 0 N–H and O–H groups in total. The summed E-state index contributed by atoms with van der Waals surface area (Å²) in [6.07, 6.45) is 0. The zero-order chi connectivity index (χ0) is 26.4. The van der Waals surface area contributed by atoms with Crippen LogP contribution in [0.15, 0.2) is 91.0 Å². The summed E-state index contributed by atoms with van der Waals surface area (Å²) >= 11 is 3.25. The van der Waals surface area contributed by atoms with Crippen LogP contribution in [0.1, 0.15) is 38.1 Å². The monoisotopic (exact) mass is 564 g/mol. The van der Waals surface area contributed by atoms with Gasteiger partial charge in [0.2, 0.25) is 5.24 Å². The number of benzene rings is 4. The first-order chi connectivity index (χ1) is 16.5. The van der Waals surface area contributed by atoms with E-state index in [0.717, 1.165) is 16.3 Å². The van der Waals surface area contributed by atoms with E-state index in [9.17, 15) is 9.59 Å². The van der Waals surface area contributed by atoms with E-state index in [1.54, 1.807) is 13.8 Å². The van der Waals surface area contributed by atoms with E-state index < -0.39 is 11.4 Å². The summed E-state index contributed by atoms with van der Waals surface area (Å²) < 4.78 is 0. The van der Waals surface area contributed by atoms with Crippen LogP contribution in [0.3, 0.4) is 0 Å². The quantitative estimate of drug-likeness (QED) is 0.141. The number of rotatable bonds is 3. The molecule has 4 aromatic rings. The Kier molecular flexibility index (Phi) is 15.3. The Morgan fingerprint density at radius 3 is 1.31 bits per heavy atom. The first-order valence-electron chi connectivity index (χ1n) is 11.1. The van der Waals surface area contributed by atoms with Crippen LogP contribution in [0.4, 0.5) is 0 Å². The zero-order valence-corrected chi connectivity index (χ0v) is 24.4. The van der Waals surface area contributed by atoms with Crippen molar-refractivity contribution >= 4 is 85.7 Å². The van der Waals surface area contributed by atoms with Gasteiger partial charge >= 0.3 is 11.4 Å². The third kappa shape index (κ3) is 12.3. The molecule has 4 aromatic carbocycles. The second kappa shape index (κ2) is 17.0. The Morgan fingerprint density at radius 1 is 0.600 bits per heavy atom. The molecule has 35 heavy (non-hydrogen) atoms. The smallest absolute Gasteiger partial charge is 0.294 e. The van der Waals surface area contributed by atoms with Crippen LogP contribution in [0.25, 0.3) is 21.5 Å². The summed E-state index contributed by atoms with van der Waals surface area (Å²) in [6, 6.07) is 30.6. The van der Waals surface area contributed by atoms with Gasteiger partial charge in [-0.3, -0.25) is 9.59 Å². The molecule has 0 aliphatic carbocycles. The van der Waals surface area contributed by atoms with Gasteiger partial charge in [0.05, 0.1) is 0 Å². The van der Waals surface area contributed by atoms with Gasteiger partial charge in [0, 0.05) is 17.4 Å². The van der Waals surface area contributed by atoms with Gasteiger partial charge in [0.1, 0.15) is 0 Å². The average Bonchev–Trinajstić information content (AvgIpc) is 2.83. The lowest BCUT2D eigenvalue weighted by Gasteiger charge is -2.07. The normalized spacial score (nSPS) is 9.89. The topological polar surface area (TPSA) is 34.1 Å². The Morgan fingerprint density at radius 2 is 0.943 bits per heavy atom. The maximum absolute atomic E-state index is 12.0. The van der Waals surface area contributed by atoms with E-state index >= 15 is 0 Å². The minimum Gasteiger partial charge on any atom is -0.294 e. The zero-order valence-electron chi connectivity index (χ0n) is 20.2. The largest absolute Gasteiger partial charge is 0.643 e. The van der Waals surface area contributed by atoms with Crippen molar-refractivity contribution < 1.29 is 9.59 Å². The SMILES string of the molecule is CC(C)C(=O)Cl.CC(C)C(=O)c1cccc2ccccc12.[Cl][Al]([Cl])[Cl].c1ccc2ccccc2c1. The van der Waals surface area contributed by atoms with Crippen molar-refractivity contribution in [1.82, 2.24) is 0 Å². The van der Waals surface area contributed by atoms with Crippen molar-refractivity contribution in [3.63, 3.8) is 0 Å². The van der Waals surface area contributed by atoms with Crippen molar-refractivity contribution in [1.29, 1.82) is 0 Å². The number of carbonyl (C=O) groups excluding carboxylic acids is 2. The van der Waals surface area contributed by atoms with E-state index in [1.165, 1.54) is 10.8 Å². The number of hydrogen-bond acceptors (Lipinski definition) is 2. The van der Waals surface area contributed by atoms with Gasteiger partial charge in [-0.15, -0.1) is 0 Å². The molecule has 0 saturated carbocycles. The molecule has 2 nitrogen and oxygen atoms in total. The van der Waals surface area contributed by atoms with E-state index in [0.29, 0.717) is 0 Å². The van der Waals surface area contributed by atoms with Crippen LogP contribution in [0.2, 0.25) is 0 Å². The molecule has 184 valence electrons. The first-order valence-corrected chi connectivity index (χ1v) is 16.7. The van der Waals surface area contributed by atoms with E-state index in [-0.39, 0.29) is 22.9 Å². The van der Waals surface area contributed by atoms with Crippen LogP contribution in [-0.2, 0) is 4.79 Å². The van der Waals surface area contributed by atoms with Crippen LogP contribution >= 0.6 is 41.7 Å². The van der Waals surface area contributed by atoms with Crippen molar-refractivity contribution in [2.75, 3.05) is 0 Å². The van der Waals surface area contributed by atoms with E-state index in [4.69, 9.17) is 41.7 Å². The molecular weight excluding hydrogens is 537 g/mol.